The van der Waals surface area contributed by atoms with Crippen LogP contribution in [-0.2, 0) is 16.1 Å². The number of hydrogen-bond donors (Lipinski definition) is 1. The number of benzene rings is 2. The Morgan fingerprint density at radius 3 is 2.10 bits per heavy atom. The second-order valence-electron chi connectivity index (χ2n) is 7.45. The van der Waals surface area contributed by atoms with Gasteiger partial charge in [0.2, 0.25) is 5.91 Å². The van der Waals surface area contributed by atoms with Crippen LogP contribution in [0.2, 0.25) is 0 Å². The molecule has 5 nitrogen and oxygen atoms in total. The van der Waals surface area contributed by atoms with E-state index in [9.17, 15) is 18.4 Å². The Balaban J connectivity index is 2.17. The lowest BCUT2D eigenvalue weighted by molar-refractivity contribution is -0.143. The van der Waals surface area contributed by atoms with Crippen molar-refractivity contribution < 1.29 is 23.1 Å². The van der Waals surface area contributed by atoms with Gasteiger partial charge in [-0.25, -0.2) is 8.78 Å². The fourth-order valence-corrected chi connectivity index (χ4v) is 2.89. The quantitative estimate of drug-likeness (QED) is 0.636. The molecule has 2 aromatic rings. The highest BCUT2D eigenvalue weighted by molar-refractivity contribution is 5.88. The third-order valence-corrected chi connectivity index (χ3v) is 4.51. The maximum Gasteiger partial charge on any atom is 0.261 e. The van der Waals surface area contributed by atoms with Gasteiger partial charge in [-0.2, -0.15) is 0 Å². The third kappa shape index (κ3) is 7.13. The van der Waals surface area contributed by atoms with Crippen molar-refractivity contribution in [2.45, 2.75) is 39.8 Å². The molecule has 1 N–H and O–H groups in total. The largest absolute Gasteiger partial charge is 0.484 e. The molecule has 2 amide bonds. The molecule has 30 heavy (non-hydrogen) atoms. The minimum atomic E-state index is -0.696. The summed E-state index contributed by atoms with van der Waals surface area (Å²) in [4.78, 5) is 27.1. The molecule has 0 heterocycles. The van der Waals surface area contributed by atoms with Crippen LogP contribution in [0.25, 0.3) is 0 Å². The fourth-order valence-electron chi connectivity index (χ4n) is 2.89. The molecule has 2 rings (SSSR count). The van der Waals surface area contributed by atoms with Crippen molar-refractivity contribution in [1.29, 1.82) is 0 Å². The van der Waals surface area contributed by atoms with Crippen molar-refractivity contribution in [3.63, 3.8) is 0 Å². The van der Waals surface area contributed by atoms with Gasteiger partial charge in [0.1, 0.15) is 23.4 Å². The molecular weight excluding hydrogens is 390 g/mol. The van der Waals surface area contributed by atoms with Crippen LogP contribution in [0.4, 0.5) is 8.78 Å². The standard InChI is InChI=1S/C23H28F2N2O3/c1-4-21(23(29)26-13-16(2)3)27(14-17-5-7-18(24)8-6-17)22(28)15-30-20-11-9-19(25)10-12-20/h5-12,16,21H,4,13-15H2,1-3H3,(H,26,29)/t21-/m1/s1. The van der Waals surface area contributed by atoms with Gasteiger partial charge in [-0.3, -0.25) is 9.59 Å². The highest BCUT2D eigenvalue weighted by Crippen LogP contribution is 2.15. The average Bonchev–Trinajstić information content (AvgIpc) is 2.72. The third-order valence-electron chi connectivity index (χ3n) is 4.51. The number of amides is 2. The van der Waals surface area contributed by atoms with Crippen molar-refractivity contribution in [3.05, 3.63) is 65.7 Å². The molecule has 0 saturated heterocycles. The van der Waals surface area contributed by atoms with E-state index < -0.39 is 17.8 Å². The van der Waals surface area contributed by atoms with E-state index in [0.717, 1.165) is 0 Å². The Labute approximate surface area is 176 Å². The van der Waals surface area contributed by atoms with E-state index in [2.05, 4.69) is 5.32 Å². The summed E-state index contributed by atoms with van der Waals surface area (Å²) in [6, 6.07) is 10.4. The van der Waals surface area contributed by atoms with Crippen molar-refractivity contribution in [3.8, 4) is 5.75 Å². The van der Waals surface area contributed by atoms with Crippen LogP contribution in [-0.4, -0.2) is 35.9 Å². The lowest BCUT2D eigenvalue weighted by Gasteiger charge is -2.30. The predicted octanol–water partition coefficient (Wildman–Crippen LogP) is 3.92. The van der Waals surface area contributed by atoms with E-state index in [4.69, 9.17) is 4.74 Å². The Morgan fingerprint density at radius 2 is 1.57 bits per heavy atom. The summed E-state index contributed by atoms with van der Waals surface area (Å²) in [6.45, 7) is 6.13. The van der Waals surface area contributed by atoms with Gasteiger partial charge in [0.15, 0.2) is 6.61 Å². The van der Waals surface area contributed by atoms with Crippen LogP contribution in [0.1, 0.15) is 32.8 Å². The summed E-state index contributed by atoms with van der Waals surface area (Å²) >= 11 is 0. The molecule has 0 radical (unpaired) electrons. The number of carbonyl (C=O) groups is 2. The number of hydrogen-bond acceptors (Lipinski definition) is 3. The Hall–Kier alpha value is -2.96. The van der Waals surface area contributed by atoms with Gasteiger partial charge < -0.3 is 15.0 Å². The molecule has 0 fully saturated rings. The van der Waals surface area contributed by atoms with E-state index >= 15 is 0 Å². The lowest BCUT2D eigenvalue weighted by atomic mass is 10.1. The number of ether oxygens (including phenoxy) is 1. The zero-order valence-electron chi connectivity index (χ0n) is 17.5. The second-order valence-corrected chi connectivity index (χ2v) is 7.45. The lowest BCUT2D eigenvalue weighted by Crippen LogP contribution is -2.50. The monoisotopic (exact) mass is 418 g/mol. The van der Waals surface area contributed by atoms with E-state index in [-0.39, 0.29) is 30.8 Å². The van der Waals surface area contributed by atoms with Crippen LogP contribution in [0.15, 0.2) is 48.5 Å². The molecule has 0 aliphatic carbocycles. The van der Waals surface area contributed by atoms with Crippen LogP contribution >= 0.6 is 0 Å². The minimum Gasteiger partial charge on any atom is -0.484 e. The average molecular weight is 418 g/mol. The second kappa shape index (κ2) is 11.3. The van der Waals surface area contributed by atoms with Crippen LogP contribution in [0.5, 0.6) is 5.75 Å². The highest BCUT2D eigenvalue weighted by Gasteiger charge is 2.29. The molecule has 0 saturated carbocycles. The first-order valence-corrected chi connectivity index (χ1v) is 10.00. The Bertz CT molecular complexity index is 823. The minimum absolute atomic E-state index is 0.138. The zero-order chi connectivity index (χ0) is 22.1. The van der Waals surface area contributed by atoms with Gasteiger partial charge in [0, 0.05) is 13.1 Å². The summed E-state index contributed by atoms with van der Waals surface area (Å²) in [7, 11) is 0. The summed E-state index contributed by atoms with van der Waals surface area (Å²) < 4.78 is 31.8. The molecule has 7 heteroatoms. The molecule has 0 aliphatic rings. The maximum atomic E-state index is 13.3. The van der Waals surface area contributed by atoms with Gasteiger partial charge in [0.25, 0.3) is 5.91 Å². The number of nitrogens with zero attached hydrogens (tertiary/aromatic N) is 1. The Morgan fingerprint density at radius 1 is 1.00 bits per heavy atom. The summed E-state index contributed by atoms with van der Waals surface area (Å²) in [5.74, 6) is -0.797. The molecule has 0 aliphatic heterocycles. The molecule has 0 bridgehead atoms. The Kier molecular flexibility index (Phi) is 8.77. The van der Waals surface area contributed by atoms with E-state index in [1.165, 1.54) is 41.3 Å². The fraction of sp³-hybridized carbons (Fsp3) is 0.391. The maximum absolute atomic E-state index is 13.3. The first-order chi connectivity index (χ1) is 14.3. The molecule has 2 aromatic carbocycles. The van der Waals surface area contributed by atoms with Crippen molar-refractivity contribution in [1.82, 2.24) is 10.2 Å². The van der Waals surface area contributed by atoms with Gasteiger partial charge in [-0.1, -0.05) is 32.9 Å². The van der Waals surface area contributed by atoms with Crippen LogP contribution < -0.4 is 10.1 Å². The summed E-state index contributed by atoms with van der Waals surface area (Å²) in [5.41, 5.74) is 0.696. The molecule has 0 spiro atoms. The number of carbonyl (C=O) groups excluding carboxylic acids is 2. The van der Waals surface area contributed by atoms with Crippen molar-refractivity contribution >= 4 is 11.8 Å². The molecule has 0 aromatic heterocycles. The van der Waals surface area contributed by atoms with Crippen molar-refractivity contribution in [2.75, 3.05) is 13.2 Å². The zero-order valence-corrected chi connectivity index (χ0v) is 17.5. The van der Waals surface area contributed by atoms with Gasteiger partial charge in [0.05, 0.1) is 0 Å². The summed E-state index contributed by atoms with van der Waals surface area (Å²) in [5, 5.41) is 2.87. The SMILES string of the molecule is CC[C@H](C(=O)NCC(C)C)N(Cc1ccc(F)cc1)C(=O)COc1ccc(F)cc1. The van der Waals surface area contributed by atoms with E-state index in [1.807, 2.05) is 20.8 Å². The molecule has 0 unspecified atom stereocenters. The van der Waals surface area contributed by atoms with Crippen molar-refractivity contribution in [2.24, 2.45) is 5.92 Å². The first-order valence-electron chi connectivity index (χ1n) is 10.00. The molecular formula is C23H28F2N2O3. The number of nitrogens with one attached hydrogen (secondary N) is 1. The van der Waals surface area contributed by atoms with Gasteiger partial charge >= 0.3 is 0 Å². The molecule has 1 atom stereocenters. The van der Waals surface area contributed by atoms with Gasteiger partial charge in [-0.05, 0) is 54.3 Å². The first kappa shape index (κ1) is 23.3. The highest BCUT2D eigenvalue weighted by atomic mass is 19.1. The van der Waals surface area contributed by atoms with E-state index in [1.54, 1.807) is 12.1 Å². The van der Waals surface area contributed by atoms with Crippen LogP contribution in [0.3, 0.4) is 0 Å². The number of halogens is 2. The smallest absolute Gasteiger partial charge is 0.261 e. The summed E-state index contributed by atoms with van der Waals surface area (Å²) in [6.07, 6.45) is 0.410. The topological polar surface area (TPSA) is 58.6 Å². The molecule has 162 valence electrons. The van der Waals surface area contributed by atoms with Crippen LogP contribution in [0, 0.1) is 17.6 Å². The predicted molar refractivity (Wildman–Crippen MR) is 111 cm³/mol. The number of rotatable bonds is 10. The van der Waals surface area contributed by atoms with E-state index in [0.29, 0.717) is 24.3 Å². The van der Waals surface area contributed by atoms with Gasteiger partial charge in [-0.15, -0.1) is 0 Å². The normalized spacial score (nSPS) is 11.8.